The van der Waals surface area contributed by atoms with E-state index >= 15 is 0 Å². The third-order valence-corrected chi connectivity index (χ3v) is 1.74. The minimum absolute atomic E-state index is 0.172. The highest BCUT2D eigenvalue weighted by Gasteiger charge is 2.09. The Bertz CT molecular complexity index is 348. The quantitative estimate of drug-likeness (QED) is 0.710. The van der Waals surface area contributed by atoms with Gasteiger partial charge >= 0.3 is 0 Å². The molecule has 0 aliphatic heterocycles. The van der Waals surface area contributed by atoms with E-state index in [0.29, 0.717) is 5.69 Å². The first-order chi connectivity index (χ1) is 6.79. The fourth-order valence-corrected chi connectivity index (χ4v) is 1.14. The van der Waals surface area contributed by atoms with Gasteiger partial charge in [0.15, 0.2) is 0 Å². The van der Waals surface area contributed by atoms with Crippen LogP contribution in [0, 0.1) is 12.3 Å². The van der Waals surface area contributed by atoms with Crippen LogP contribution in [0.5, 0.6) is 0 Å². The predicted molar refractivity (Wildman–Crippen MR) is 53.7 cm³/mol. The van der Waals surface area contributed by atoms with Crippen LogP contribution in [0.1, 0.15) is 23.8 Å². The molecule has 0 aliphatic carbocycles. The van der Waals surface area contributed by atoms with Crippen molar-refractivity contribution >= 4 is 5.91 Å². The summed E-state index contributed by atoms with van der Waals surface area (Å²) in [5.41, 5.74) is 0.558. The Morgan fingerprint density at radius 2 is 2.57 bits per heavy atom. The van der Waals surface area contributed by atoms with Crippen LogP contribution in [0.25, 0.3) is 0 Å². The smallest absolute Gasteiger partial charge is 0.270 e. The molecule has 1 aromatic rings. The van der Waals surface area contributed by atoms with E-state index in [1.54, 1.807) is 16.9 Å². The highest BCUT2D eigenvalue weighted by atomic mass is 16.2. The SMILES string of the molecule is C#CCNC(=O)c1ccnn1CCC. The highest BCUT2D eigenvalue weighted by molar-refractivity contribution is 5.92. The molecule has 1 N–H and O–H groups in total. The molecular formula is C10H13N3O. The molecule has 4 nitrogen and oxygen atoms in total. The van der Waals surface area contributed by atoms with Crippen LogP contribution in [0.15, 0.2) is 12.3 Å². The summed E-state index contributed by atoms with van der Waals surface area (Å²) >= 11 is 0. The first-order valence-electron chi connectivity index (χ1n) is 4.53. The maximum Gasteiger partial charge on any atom is 0.270 e. The third kappa shape index (κ3) is 2.36. The summed E-state index contributed by atoms with van der Waals surface area (Å²) in [6.07, 6.45) is 7.59. The zero-order chi connectivity index (χ0) is 10.4. The van der Waals surface area contributed by atoms with Crippen LogP contribution in [0.3, 0.4) is 0 Å². The molecule has 1 heterocycles. The molecule has 4 heteroatoms. The van der Waals surface area contributed by atoms with Crippen molar-refractivity contribution in [2.45, 2.75) is 19.9 Å². The van der Waals surface area contributed by atoms with E-state index in [-0.39, 0.29) is 12.5 Å². The van der Waals surface area contributed by atoms with Gasteiger partial charge < -0.3 is 5.32 Å². The minimum atomic E-state index is -0.172. The van der Waals surface area contributed by atoms with Crippen molar-refractivity contribution < 1.29 is 4.79 Å². The fourth-order valence-electron chi connectivity index (χ4n) is 1.14. The number of rotatable bonds is 4. The second-order valence-electron chi connectivity index (χ2n) is 2.83. The minimum Gasteiger partial charge on any atom is -0.340 e. The predicted octanol–water partition coefficient (Wildman–Crippen LogP) is 0.656. The number of terminal acetylenes is 1. The van der Waals surface area contributed by atoms with Crippen LogP contribution in [0.4, 0.5) is 0 Å². The second-order valence-corrected chi connectivity index (χ2v) is 2.83. The largest absolute Gasteiger partial charge is 0.340 e. The Labute approximate surface area is 83.3 Å². The van der Waals surface area contributed by atoms with E-state index in [4.69, 9.17) is 6.42 Å². The van der Waals surface area contributed by atoms with Gasteiger partial charge in [0.2, 0.25) is 0 Å². The number of amides is 1. The average Bonchev–Trinajstić information content (AvgIpc) is 2.63. The highest BCUT2D eigenvalue weighted by Crippen LogP contribution is 1.99. The molecule has 0 unspecified atom stereocenters. The molecule has 0 spiro atoms. The summed E-state index contributed by atoms with van der Waals surface area (Å²) in [5.74, 6) is 2.18. The van der Waals surface area contributed by atoms with E-state index in [1.165, 1.54) is 0 Å². The standard InChI is InChI=1S/C10H13N3O/c1-3-6-11-10(14)9-5-7-12-13(9)8-4-2/h1,5,7H,4,6,8H2,2H3,(H,11,14). The maximum absolute atomic E-state index is 11.5. The number of carbonyl (C=O) groups excluding carboxylic acids is 1. The van der Waals surface area contributed by atoms with Gasteiger partial charge in [0, 0.05) is 12.7 Å². The lowest BCUT2D eigenvalue weighted by atomic mass is 10.4. The van der Waals surface area contributed by atoms with E-state index in [1.807, 2.05) is 6.92 Å². The molecule has 14 heavy (non-hydrogen) atoms. The number of aryl methyl sites for hydroxylation is 1. The van der Waals surface area contributed by atoms with Gasteiger partial charge in [0.1, 0.15) is 5.69 Å². The summed E-state index contributed by atoms with van der Waals surface area (Å²) in [7, 11) is 0. The molecule has 0 saturated heterocycles. The molecule has 0 saturated carbocycles. The number of nitrogens with one attached hydrogen (secondary N) is 1. The summed E-state index contributed by atoms with van der Waals surface area (Å²) in [6, 6.07) is 1.68. The average molecular weight is 191 g/mol. The first-order valence-corrected chi connectivity index (χ1v) is 4.53. The zero-order valence-electron chi connectivity index (χ0n) is 8.16. The van der Waals surface area contributed by atoms with Crippen molar-refractivity contribution in [1.82, 2.24) is 15.1 Å². The van der Waals surface area contributed by atoms with Crippen molar-refractivity contribution in [2.24, 2.45) is 0 Å². The van der Waals surface area contributed by atoms with Crippen LogP contribution in [-0.4, -0.2) is 22.2 Å². The Balaban J connectivity index is 2.69. The van der Waals surface area contributed by atoms with E-state index in [2.05, 4.69) is 16.3 Å². The second kappa shape index (κ2) is 5.07. The van der Waals surface area contributed by atoms with Crippen molar-refractivity contribution in [1.29, 1.82) is 0 Å². The maximum atomic E-state index is 11.5. The molecule has 0 bridgehead atoms. The van der Waals surface area contributed by atoms with E-state index in [0.717, 1.165) is 13.0 Å². The Morgan fingerprint density at radius 3 is 3.21 bits per heavy atom. The van der Waals surface area contributed by atoms with Crippen molar-refractivity contribution in [3.8, 4) is 12.3 Å². The summed E-state index contributed by atoms with van der Waals surface area (Å²) < 4.78 is 1.67. The van der Waals surface area contributed by atoms with Gasteiger partial charge in [-0.3, -0.25) is 9.48 Å². The molecule has 0 fully saturated rings. The summed E-state index contributed by atoms with van der Waals surface area (Å²) in [5, 5.41) is 6.64. The summed E-state index contributed by atoms with van der Waals surface area (Å²) in [4.78, 5) is 11.5. The Hall–Kier alpha value is -1.76. The van der Waals surface area contributed by atoms with Crippen LogP contribution in [-0.2, 0) is 6.54 Å². The first kappa shape index (κ1) is 10.3. The molecule has 1 aromatic heterocycles. The Kier molecular flexibility index (Phi) is 3.74. The fraction of sp³-hybridized carbons (Fsp3) is 0.400. The molecule has 0 radical (unpaired) electrons. The van der Waals surface area contributed by atoms with Crippen LogP contribution in [0.2, 0.25) is 0 Å². The monoisotopic (exact) mass is 191 g/mol. The lowest BCUT2D eigenvalue weighted by molar-refractivity contribution is 0.0948. The van der Waals surface area contributed by atoms with Gasteiger partial charge in [-0.1, -0.05) is 12.8 Å². The molecule has 0 atom stereocenters. The molecule has 1 amide bonds. The van der Waals surface area contributed by atoms with Crippen molar-refractivity contribution in [3.63, 3.8) is 0 Å². The number of nitrogens with zero attached hydrogens (tertiary/aromatic N) is 2. The molecule has 0 aliphatic rings. The van der Waals surface area contributed by atoms with Crippen LogP contribution >= 0.6 is 0 Å². The van der Waals surface area contributed by atoms with Gasteiger partial charge in [-0.05, 0) is 12.5 Å². The van der Waals surface area contributed by atoms with Gasteiger partial charge in [0.05, 0.1) is 6.54 Å². The number of aromatic nitrogens is 2. The number of hydrogen-bond donors (Lipinski definition) is 1. The topological polar surface area (TPSA) is 46.9 Å². The number of carbonyl (C=O) groups is 1. The van der Waals surface area contributed by atoms with E-state index in [9.17, 15) is 4.79 Å². The van der Waals surface area contributed by atoms with E-state index < -0.39 is 0 Å². The third-order valence-electron chi connectivity index (χ3n) is 1.74. The Morgan fingerprint density at radius 1 is 1.79 bits per heavy atom. The van der Waals surface area contributed by atoms with Gasteiger partial charge in [-0.15, -0.1) is 6.42 Å². The van der Waals surface area contributed by atoms with Crippen molar-refractivity contribution in [2.75, 3.05) is 6.54 Å². The molecule has 0 aromatic carbocycles. The normalized spacial score (nSPS) is 9.43. The zero-order valence-corrected chi connectivity index (χ0v) is 8.16. The van der Waals surface area contributed by atoms with Crippen LogP contribution < -0.4 is 5.32 Å². The van der Waals surface area contributed by atoms with Gasteiger partial charge in [-0.2, -0.15) is 5.10 Å². The lowest BCUT2D eigenvalue weighted by Gasteiger charge is -2.04. The van der Waals surface area contributed by atoms with Crippen molar-refractivity contribution in [3.05, 3.63) is 18.0 Å². The molecule has 74 valence electrons. The molecular weight excluding hydrogens is 178 g/mol. The number of hydrogen-bond acceptors (Lipinski definition) is 2. The lowest BCUT2D eigenvalue weighted by Crippen LogP contribution is -2.26. The summed E-state index contributed by atoms with van der Waals surface area (Å²) in [6.45, 7) is 3.02. The van der Waals surface area contributed by atoms with Gasteiger partial charge in [-0.25, -0.2) is 0 Å². The molecule has 1 rings (SSSR count). The van der Waals surface area contributed by atoms with Gasteiger partial charge in [0.25, 0.3) is 5.91 Å².